The molecule has 1 saturated heterocycles. The van der Waals surface area contributed by atoms with Crippen molar-refractivity contribution in [2.75, 3.05) is 19.6 Å². The second kappa shape index (κ2) is 7.09. The van der Waals surface area contributed by atoms with Crippen molar-refractivity contribution in [1.82, 2.24) is 25.2 Å². The molecule has 7 heteroatoms. The van der Waals surface area contributed by atoms with Gasteiger partial charge >= 0.3 is 6.09 Å². The van der Waals surface area contributed by atoms with Crippen molar-refractivity contribution in [2.45, 2.75) is 45.8 Å². The van der Waals surface area contributed by atoms with Crippen molar-refractivity contribution >= 4 is 6.09 Å². The van der Waals surface area contributed by atoms with E-state index in [1.54, 1.807) is 4.68 Å². The lowest BCUT2D eigenvalue weighted by atomic mass is 9.97. The summed E-state index contributed by atoms with van der Waals surface area (Å²) < 4.78 is 7.11. The van der Waals surface area contributed by atoms with Crippen molar-refractivity contribution in [3.05, 3.63) is 11.9 Å². The molecule has 1 aliphatic heterocycles. The molecule has 1 fully saturated rings. The Morgan fingerprint density at radius 3 is 2.64 bits per heavy atom. The van der Waals surface area contributed by atoms with Crippen LogP contribution >= 0.6 is 0 Å². The summed E-state index contributed by atoms with van der Waals surface area (Å²) in [5, 5.41) is 11.4. The van der Waals surface area contributed by atoms with Crippen LogP contribution in [0.1, 0.15) is 39.3 Å². The number of carbonyl (C=O) groups excluding carboxylic acids is 1. The fraction of sp³-hybridized carbons (Fsp3) is 0.800. The van der Waals surface area contributed by atoms with Crippen LogP contribution < -0.4 is 5.32 Å². The molecule has 1 aromatic rings. The molecule has 1 aliphatic rings. The molecule has 0 unspecified atom stereocenters. The molecule has 0 atom stereocenters. The molecule has 22 heavy (non-hydrogen) atoms. The Morgan fingerprint density at radius 1 is 1.41 bits per heavy atom. The summed E-state index contributed by atoms with van der Waals surface area (Å²) in [5.74, 6) is 0.593. The maximum absolute atomic E-state index is 12.0. The van der Waals surface area contributed by atoms with Gasteiger partial charge < -0.3 is 15.0 Å². The van der Waals surface area contributed by atoms with Crippen LogP contribution in [0.25, 0.3) is 0 Å². The number of hydrogen-bond acceptors (Lipinski definition) is 5. The predicted octanol–water partition coefficient (Wildman–Crippen LogP) is 1.55. The fourth-order valence-corrected chi connectivity index (χ4v) is 2.53. The molecular formula is C15H27N5O2. The number of nitrogens with one attached hydrogen (secondary N) is 1. The van der Waals surface area contributed by atoms with E-state index >= 15 is 0 Å². The third-order valence-electron chi connectivity index (χ3n) is 3.66. The van der Waals surface area contributed by atoms with E-state index in [9.17, 15) is 4.79 Å². The van der Waals surface area contributed by atoms with E-state index in [0.717, 1.165) is 44.7 Å². The maximum Gasteiger partial charge on any atom is 0.410 e. The molecule has 0 aliphatic carbocycles. The zero-order chi connectivity index (χ0) is 16.2. The number of aryl methyl sites for hydroxylation is 1. The highest BCUT2D eigenvalue weighted by atomic mass is 16.6. The van der Waals surface area contributed by atoms with Gasteiger partial charge in [0.15, 0.2) is 0 Å². The molecule has 2 rings (SSSR count). The van der Waals surface area contributed by atoms with Crippen LogP contribution in [-0.4, -0.2) is 51.2 Å². The number of ether oxygens (including phenoxy) is 1. The second-order valence-electron chi connectivity index (χ2n) is 6.93. The van der Waals surface area contributed by atoms with Crippen LogP contribution in [0.3, 0.4) is 0 Å². The fourth-order valence-electron chi connectivity index (χ4n) is 2.53. The third-order valence-corrected chi connectivity index (χ3v) is 3.66. The molecule has 1 aromatic heterocycles. The van der Waals surface area contributed by atoms with Gasteiger partial charge in [0.05, 0.1) is 5.69 Å². The van der Waals surface area contributed by atoms with Gasteiger partial charge in [-0.05, 0) is 46.1 Å². The third kappa shape index (κ3) is 5.29. The summed E-state index contributed by atoms with van der Waals surface area (Å²) in [6, 6.07) is 0. The summed E-state index contributed by atoms with van der Waals surface area (Å²) in [5.41, 5.74) is 0.528. The normalized spacial score (nSPS) is 16.8. The average Bonchev–Trinajstić information content (AvgIpc) is 2.83. The van der Waals surface area contributed by atoms with E-state index < -0.39 is 5.60 Å². The van der Waals surface area contributed by atoms with Crippen LogP contribution in [0.5, 0.6) is 0 Å². The van der Waals surface area contributed by atoms with Crippen molar-refractivity contribution in [3.63, 3.8) is 0 Å². The first-order chi connectivity index (χ1) is 10.3. The lowest BCUT2D eigenvalue weighted by Gasteiger charge is -2.33. The lowest BCUT2D eigenvalue weighted by molar-refractivity contribution is 0.0184. The Balaban J connectivity index is 1.65. The molecule has 0 radical (unpaired) electrons. The number of amides is 1. The van der Waals surface area contributed by atoms with Crippen LogP contribution in [0.2, 0.25) is 0 Å². The first-order valence-electron chi connectivity index (χ1n) is 7.87. The van der Waals surface area contributed by atoms with E-state index in [4.69, 9.17) is 4.74 Å². The van der Waals surface area contributed by atoms with Crippen molar-refractivity contribution < 1.29 is 9.53 Å². The van der Waals surface area contributed by atoms with Crippen molar-refractivity contribution in [3.8, 4) is 0 Å². The van der Waals surface area contributed by atoms with Gasteiger partial charge in [0, 0.05) is 32.9 Å². The van der Waals surface area contributed by atoms with Gasteiger partial charge in [-0.3, -0.25) is 4.68 Å². The van der Waals surface area contributed by atoms with Gasteiger partial charge in [0.1, 0.15) is 5.60 Å². The van der Waals surface area contributed by atoms with Crippen LogP contribution in [0, 0.1) is 5.92 Å². The minimum Gasteiger partial charge on any atom is -0.444 e. The molecule has 0 aromatic carbocycles. The Bertz CT molecular complexity index is 486. The van der Waals surface area contributed by atoms with E-state index in [2.05, 4.69) is 15.6 Å². The van der Waals surface area contributed by atoms with Gasteiger partial charge in [-0.25, -0.2) is 4.79 Å². The predicted molar refractivity (Wildman–Crippen MR) is 83.2 cm³/mol. The average molecular weight is 309 g/mol. The highest BCUT2D eigenvalue weighted by Crippen LogP contribution is 2.19. The van der Waals surface area contributed by atoms with Crippen molar-refractivity contribution in [1.29, 1.82) is 0 Å². The topological polar surface area (TPSA) is 72.3 Å². The summed E-state index contributed by atoms with van der Waals surface area (Å²) in [6.07, 6.45) is 3.73. The molecule has 2 heterocycles. The molecular weight excluding hydrogens is 282 g/mol. The highest BCUT2D eigenvalue weighted by Gasteiger charge is 2.26. The van der Waals surface area contributed by atoms with Crippen LogP contribution in [0.4, 0.5) is 4.79 Å². The second-order valence-corrected chi connectivity index (χ2v) is 6.93. The van der Waals surface area contributed by atoms with Crippen molar-refractivity contribution in [2.24, 2.45) is 13.0 Å². The Morgan fingerprint density at radius 2 is 2.09 bits per heavy atom. The lowest BCUT2D eigenvalue weighted by Crippen LogP contribution is -2.43. The van der Waals surface area contributed by atoms with Gasteiger partial charge in [-0.1, -0.05) is 5.21 Å². The summed E-state index contributed by atoms with van der Waals surface area (Å²) in [7, 11) is 1.86. The summed E-state index contributed by atoms with van der Waals surface area (Å²) >= 11 is 0. The first-order valence-corrected chi connectivity index (χ1v) is 7.87. The SMILES string of the molecule is Cn1cc(CNCC2CCN(C(=O)OC(C)(C)C)CC2)nn1. The van der Waals surface area contributed by atoms with Gasteiger partial charge in [-0.2, -0.15) is 0 Å². The largest absolute Gasteiger partial charge is 0.444 e. The molecule has 1 amide bonds. The maximum atomic E-state index is 12.0. The summed E-state index contributed by atoms with van der Waals surface area (Å²) in [6.45, 7) is 8.91. The number of piperidine rings is 1. The zero-order valence-electron chi connectivity index (χ0n) is 14.0. The minimum atomic E-state index is -0.424. The summed E-state index contributed by atoms with van der Waals surface area (Å²) in [4.78, 5) is 13.8. The monoisotopic (exact) mass is 309 g/mol. The number of carbonyl (C=O) groups is 1. The van der Waals surface area contributed by atoms with Gasteiger partial charge in [0.2, 0.25) is 0 Å². The molecule has 7 nitrogen and oxygen atoms in total. The van der Waals surface area contributed by atoms with Crippen LogP contribution in [0.15, 0.2) is 6.20 Å². The van der Waals surface area contributed by atoms with Gasteiger partial charge in [-0.15, -0.1) is 5.10 Å². The number of hydrogen-bond donors (Lipinski definition) is 1. The molecule has 124 valence electrons. The number of rotatable bonds is 4. The van der Waals surface area contributed by atoms with E-state index in [1.807, 2.05) is 38.9 Å². The quantitative estimate of drug-likeness (QED) is 0.913. The smallest absolute Gasteiger partial charge is 0.410 e. The van der Waals surface area contributed by atoms with E-state index in [1.165, 1.54) is 0 Å². The molecule has 1 N–H and O–H groups in total. The first kappa shape index (κ1) is 16.7. The molecule has 0 saturated carbocycles. The van der Waals surface area contributed by atoms with Gasteiger partial charge in [0.25, 0.3) is 0 Å². The minimum absolute atomic E-state index is 0.196. The number of aromatic nitrogens is 3. The Kier molecular flexibility index (Phi) is 5.39. The Hall–Kier alpha value is -1.63. The van der Waals surface area contributed by atoms with E-state index in [0.29, 0.717) is 5.92 Å². The Labute approximate surface area is 132 Å². The number of likely N-dealkylation sites (tertiary alicyclic amines) is 1. The molecule has 0 bridgehead atoms. The number of nitrogens with zero attached hydrogens (tertiary/aromatic N) is 4. The molecule has 0 spiro atoms. The standard InChI is InChI=1S/C15H27N5O2/c1-15(2,3)22-14(21)20-7-5-12(6-8-20)9-16-10-13-11-19(4)18-17-13/h11-12,16H,5-10H2,1-4H3. The zero-order valence-corrected chi connectivity index (χ0v) is 14.0. The highest BCUT2D eigenvalue weighted by molar-refractivity contribution is 5.68. The van der Waals surface area contributed by atoms with E-state index in [-0.39, 0.29) is 6.09 Å². The van der Waals surface area contributed by atoms with Crippen LogP contribution in [-0.2, 0) is 18.3 Å².